The molecule has 0 aliphatic carbocycles. The molecule has 1 unspecified atom stereocenters. The third-order valence-electron chi connectivity index (χ3n) is 6.55. The second-order valence-corrected chi connectivity index (χ2v) is 9.92. The molecule has 6 heteroatoms. The number of fused-ring (bicyclic) bond motifs is 1. The first kappa shape index (κ1) is 24.5. The largest absolute Gasteiger partial charge is 0.478 e. The summed E-state index contributed by atoms with van der Waals surface area (Å²) in [6.45, 7) is 2.62. The van der Waals surface area contributed by atoms with Crippen molar-refractivity contribution in [3.05, 3.63) is 130 Å². The maximum Gasteiger partial charge on any atom is 0.335 e. The lowest BCUT2D eigenvalue weighted by Crippen LogP contribution is -2.26. The van der Waals surface area contributed by atoms with Crippen LogP contribution in [0, 0.1) is 0 Å². The van der Waals surface area contributed by atoms with Crippen molar-refractivity contribution < 1.29 is 14.7 Å². The lowest BCUT2D eigenvalue weighted by Gasteiger charge is -2.15. The molecule has 1 atom stereocenters. The monoisotopic (exact) mass is 552 g/mol. The van der Waals surface area contributed by atoms with Crippen LogP contribution in [0.5, 0.6) is 0 Å². The van der Waals surface area contributed by atoms with E-state index in [2.05, 4.69) is 31.9 Å². The van der Waals surface area contributed by atoms with Crippen molar-refractivity contribution in [2.45, 2.75) is 19.5 Å². The molecule has 0 radical (unpaired) electrons. The Morgan fingerprint density at radius 2 is 1.59 bits per heavy atom. The highest BCUT2D eigenvalue weighted by molar-refractivity contribution is 9.10. The summed E-state index contributed by atoms with van der Waals surface area (Å²) >= 11 is 3.44. The highest BCUT2D eigenvalue weighted by Crippen LogP contribution is 2.27. The maximum absolute atomic E-state index is 12.9. The van der Waals surface area contributed by atoms with Crippen LogP contribution < -0.4 is 5.32 Å². The Labute approximate surface area is 223 Å². The SMILES string of the molecule is CC(NC(=O)c1ccc2c(ccn2Cc2ccccc2-c2ccc(C(=O)O)cc2)c1)c1ccc(Br)cc1. The minimum Gasteiger partial charge on any atom is -0.478 e. The molecule has 1 heterocycles. The lowest BCUT2D eigenvalue weighted by atomic mass is 9.98. The number of aromatic nitrogens is 1. The number of aromatic carboxylic acids is 1. The van der Waals surface area contributed by atoms with Gasteiger partial charge < -0.3 is 15.0 Å². The van der Waals surface area contributed by atoms with E-state index in [0.717, 1.165) is 37.6 Å². The molecule has 0 saturated heterocycles. The summed E-state index contributed by atoms with van der Waals surface area (Å²) in [4.78, 5) is 24.2. The number of nitrogens with one attached hydrogen (secondary N) is 1. The van der Waals surface area contributed by atoms with Crippen LogP contribution in [0.15, 0.2) is 108 Å². The Morgan fingerprint density at radius 3 is 2.32 bits per heavy atom. The van der Waals surface area contributed by atoms with Crippen molar-refractivity contribution in [3.8, 4) is 11.1 Å². The number of carboxylic acids is 1. The van der Waals surface area contributed by atoms with Gasteiger partial charge in [-0.1, -0.05) is 64.5 Å². The molecule has 5 aromatic rings. The summed E-state index contributed by atoms with van der Waals surface area (Å²) in [5, 5.41) is 13.3. The number of carboxylic acid groups (broad SMARTS) is 1. The smallest absolute Gasteiger partial charge is 0.335 e. The van der Waals surface area contributed by atoms with E-state index in [4.69, 9.17) is 0 Å². The molecule has 0 bridgehead atoms. The van der Waals surface area contributed by atoms with E-state index < -0.39 is 5.97 Å². The van der Waals surface area contributed by atoms with Gasteiger partial charge in [0.1, 0.15) is 0 Å². The van der Waals surface area contributed by atoms with Crippen molar-refractivity contribution >= 4 is 38.7 Å². The predicted octanol–water partition coefficient (Wildman–Crippen LogP) is 7.31. The minimum atomic E-state index is -0.936. The molecule has 0 fully saturated rings. The molecular formula is C31H25BrN2O3. The quantitative estimate of drug-likeness (QED) is 0.222. The lowest BCUT2D eigenvalue weighted by molar-refractivity contribution is 0.0696. The van der Waals surface area contributed by atoms with Crippen LogP contribution in [-0.2, 0) is 6.54 Å². The topological polar surface area (TPSA) is 71.3 Å². The van der Waals surface area contributed by atoms with Crippen molar-refractivity contribution in [2.75, 3.05) is 0 Å². The zero-order valence-electron chi connectivity index (χ0n) is 20.2. The Bertz CT molecular complexity index is 1590. The average Bonchev–Trinajstić information content (AvgIpc) is 3.31. The number of halogens is 1. The molecule has 1 aromatic heterocycles. The summed E-state index contributed by atoms with van der Waals surface area (Å²) < 4.78 is 3.16. The molecule has 184 valence electrons. The van der Waals surface area contributed by atoms with Gasteiger partial charge in [-0.2, -0.15) is 0 Å². The van der Waals surface area contributed by atoms with E-state index in [1.807, 2.05) is 92.0 Å². The van der Waals surface area contributed by atoms with Crippen LogP contribution in [0.3, 0.4) is 0 Å². The van der Waals surface area contributed by atoms with E-state index in [-0.39, 0.29) is 17.5 Å². The number of hydrogen-bond acceptors (Lipinski definition) is 2. The van der Waals surface area contributed by atoms with Crippen molar-refractivity contribution in [3.63, 3.8) is 0 Å². The van der Waals surface area contributed by atoms with Gasteiger partial charge >= 0.3 is 5.97 Å². The molecule has 0 aliphatic heterocycles. The molecule has 2 N–H and O–H groups in total. The van der Waals surface area contributed by atoms with Crippen molar-refractivity contribution in [2.24, 2.45) is 0 Å². The minimum absolute atomic E-state index is 0.109. The highest BCUT2D eigenvalue weighted by atomic mass is 79.9. The van der Waals surface area contributed by atoms with Crippen LogP contribution in [0.25, 0.3) is 22.0 Å². The summed E-state index contributed by atoms with van der Waals surface area (Å²) in [6, 6.07) is 30.7. The van der Waals surface area contributed by atoms with Gasteiger partial charge in [0.2, 0.25) is 0 Å². The van der Waals surface area contributed by atoms with E-state index >= 15 is 0 Å². The molecule has 0 spiro atoms. The van der Waals surface area contributed by atoms with Gasteiger partial charge in [-0.05, 0) is 77.7 Å². The predicted molar refractivity (Wildman–Crippen MR) is 150 cm³/mol. The fourth-order valence-electron chi connectivity index (χ4n) is 4.51. The third kappa shape index (κ3) is 5.34. The summed E-state index contributed by atoms with van der Waals surface area (Å²) in [7, 11) is 0. The molecular weight excluding hydrogens is 528 g/mol. The molecule has 1 amide bonds. The summed E-state index contributed by atoms with van der Waals surface area (Å²) in [5.41, 5.74) is 6.11. The van der Waals surface area contributed by atoms with Crippen molar-refractivity contribution in [1.82, 2.24) is 9.88 Å². The Hall–Kier alpha value is -4.16. The van der Waals surface area contributed by atoms with Gasteiger partial charge in [0.15, 0.2) is 0 Å². The molecule has 4 aromatic carbocycles. The van der Waals surface area contributed by atoms with Crippen LogP contribution >= 0.6 is 15.9 Å². The molecule has 0 saturated carbocycles. The first-order valence-corrected chi connectivity index (χ1v) is 12.8. The van der Waals surface area contributed by atoms with Gasteiger partial charge in [0.25, 0.3) is 5.91 Å². The second-order valence-electron chi connectivity index (χ2n) is 9.00. The second kappa shape index (κ2) is 10.4. The van der Waals surface area contributed by atoms with Gasteiger partial charge in [-0.3, -0.25) is 4.79 Å². The Kier molecular flexibility index (Phi) is 6.93. The van der Waals surface area contributed by atoms with E-state index in [1.165, 1.54) is 0 Å². The normalized spacial score (nSPS) is 11.8. The summed E-state index contributed by atoms with van der Waals surface area (Å²) in [5.74, 6) is -1.05. The van der Waals surface area contributed by atoms with Gasteiger partial charge in [0, 0.05) is 33.7 Å². The van der Waals surface area contributed by atoms with Crippen molar-refractivity contribution in [1.29, 1.82) is 0 Å². The zero-order chi connectivity index (χ0) is 25.9. The number of carbonyl (C=O) groups is 2. The maximum atomic E-state index is 12.9. The van der Waals surface area contributed by atoms with Crippen LogP contribution in [-0.4, -0.2) is 21.6 Å². The van der Waals surface area contributed by atoms with E-state index in [1.54, 1.807) is 12.1 Å². The Balaban J connectivity index is 1.36. The number of hydrogen-bond donors (Lipinski definition) is 2. The van der Waals surface area contributed by atoms with E-state index in [9.17, 15) is 14.7 Å². The average molecular weight is 553 g/mol. The highest BCUT2D eigenvalue weighted by Gasteiger charge is 2.14. The van der Waals surface area contributed by atoms with Crippen LogP contribution in [0.4, 0.5) is 0 Å². The fraction of sp³-hybridized carbons (Fsp3) is 0.0968. The fourth-order valence-corrected chi connectivity index (χ4v) is 4.77. The summed E-state index contributed by atoms with van der Waals surface area (Å²) in [6.07, 6.45) is 2.03. The zero-order valence-corrected chi connectivity index (χ0v) is 21.8. The van der Waals surface area contributed by atoms with Gasteiger partial charge in [-0.25, -0.2) is 4.79 Å². The third-order valence-corrected chi connectivity index (χ3v) is 7.08. The molecule has 37 heavy (non-hydrogen) atoms. The molecule has 5 rings (SSSR count). The Morgan fingerprint density at radius 1 is 0.892 bits per heavy atom. The van der Waals surface area contributed by atoms with E-state index in [0.29, 0.717) is 12.1 Å². The number of nitrogens with zero attached hydrogens (tertiary/aromatic N) is 1. The van der Waals surface area contributed by atoms with Crippen LogP contribution in [0.2, 0.25) is 0 Å². The first-order valence-electron chi connectivity index (χ1n) is 12.0. The van der Waals surface area contributed by atoms with Gasteiger partial charge in [-0.15, -0.1) is 0 Å². The van der Waals surface area contributed by atoms with Gasteiger partial charge in [0.05, 0.1) is 11.6 Å². The number of rotatable bonds is 7. The van der Waals surface area contributed by atoms with Crippen LogP contribution in [0.1, 0.15) is 44.8 Å². The number of amides is 1. The molecule has 5 nitrogen and oxygen atoms in total. The number of benzene rings is 4. The standard InChI is InChI=1S/C31H25BrN2O3/c1-20(21-10-13-27(32)14-11-21)33-30(35)25-12-15-29-24(18-25)16-17-34(29)19-26-4-2-3-5-28(26)22-6-8-23(9-7-22)31(36)37/h2-18,20H,19H2,1H3,(H,33,35)(H,36,37). The number of carbonyl (C=O) groups excluding carboxylic acids is 1. The first-order chi connectivity index (χ1) is 17.9. The molecule has 0 aliphatic rings.